The predicted molar refractivity (Wildman–Crippen MR) is 99.7 cm³/mol. The van der Waals surface area contributed by atoms with Crippen LogP contribution in [0, 0.1) is 19.8 Å². The highest BCUT2D eigenvalue weighted by Gasteiger charge is 1.99. The molecule has 0 saturated heterocycles. The van der Waals surface area contributed by atoms with Gasteiger partial charge < -0.3 is 15.4 Å². The van der Waals surface area contributed by atoms with E-state index in [1.165, 1.54) is 16.8 Å². The number of hydrogen-bond donors (Lipinski definition) is 2. The van der Waals surface area contributed by atoms with Crippen LogP contribution in [0.1, 0.15) is 25.0 Å². The van der Waals surface area contributed by atoms with E-state index in [1.807, 2.05) is 12.1 Å². The summed E-state index contributed by atoms with van der Waals surface area (Å²) in [5.74, 6) is 1.47. The van der Waals surface area contributed by atoms with Crippen LogP contribution in [0.2, 0.25) is 0 Å². The van der Waals surface area contributed by atoms with Crippen molar-refractivity contribution >= 4 is 11.4 Å². The molecular weight excluding hydrogens is 284 g/mol. The summed E-state index contributed by atoms with van der Waals surface area (Å²) in [6.45, 7) is 11.1. The lowest BCUT2D eigenvalue weighted by atomic mass is 10.1. The normalized spacial score (nSPS) is 10.7. The molecule has 2 aromatic rings. The SMILES string of the molecule is Cc1ccc(NCCNc2ccc(OCC(C)C)cc2)c(C)c1. The third-order valence-corrected chi connectivity index (χ3v) is 3.59. The van der Waals surface area contributed by atoms with E-state index in [9.17, 15) is 0 Å². The van der Waals surface area contributed by atoms with Gasteiger partial charge in [-0.05, 0) is 55.7 Å². The van der Waals surface area contributed by atoms with Gasteiger partial charge >= 0.3 is 0 Å². The Labute approximate surface area is 140 Å². The van der Waals surface area contributed by atoms with Crippen LogP contribution in [0.5, 0.6) is 5.75 Å². The monoisotopic (exact) mass is 312 g/mol. The lowest BCUT2D eigenvalue weighted by molar-refractivity contribution is 0.271. The Hall–Kier alpha value is -2.16. The van der Waals surface area contributed by atoms with Crippen molar-refractivity contribution in [2.75, 3.05) is 30.3 Å². The summed E-state index contributed by atoms with van der Waals surface area (Å²) in [7, 11) is 0. The fraction of sp³-hybridized carbons (Fsp3) is 0.400. The standard InChI is InChI=1S/C20H28N2O/c1-15(2)14-23-19-8-6-18(7-9-19)21-11-12-22-20-10-5-16(3)13-17(20)4/h5-10,13,15,21-22H,11-12,14H2,1-4H3. The summed E-state index contributed by atoms with van der Waals surface area (Å²) in [5, 5.41) is 6.89. The van der Waals surface area contributed by atoms with Crippen LogP contribution < -0.4 is 15.4 Å². The van der Waals surface area contributed by atoms with E-state index in [-0.39, 0.29) is 0 Å². The Morgan fingerprint density at radius 3 is 2.26 bits per heavy atom. The average Bonchev–Trinajstić information content (AvgIpc) is 2.52. The first-order valence-electron chi connectivity index (χ1n) is 8.32. The summed E-state index contributed by atoms with van der Waals surface area (Å²) in [4.78, 5) is 0. The van der Waals surface area contributed by atoms with Crippen molar-refractivity contribution in [1.82, 2.24) is 0 Å². The van der Waals surface area contributed by atoms with Gasteiger partial charge in [-0.3, -0.25) is 0 Å². The number of nitrogens with one attached hydrogen (secondary N) is 2. The van der Waals surface area contributed by atoms with Crippen molar-refractivity contribution in [3.8, 4) is 5.75 Å². The van der Waals surface area contributed by atoms with Gasteiger partial charge in [-0.15, -0.1) is 0 Å². The molecule has 124 valence electrons. The van der Waals surface area contributed by atoms with Gasteiger partial charge in [0.25, 0.3) is 0 Å². The van der Waals surface area contributed by atoms with E-state index in [1.54, 1.807) is 0 Å². The van der Waals surface area contributed by atoms with Crippen molar-refractivity contribution in [2.24, 2.45) is 5.92 Å². The smallest absolute Gasteiger partial charge is 0.119 e. The molecule has 2 aromatic carbocycles. The first-order chi connectivity index (χ1) is 11.0. The molecule has 0 bridgehead atoms. The number of rotatable bonds is 8. The third kappa shape index (κ3) is 5.85. The van der Waals surface area contributed by atoms with Crippen LogP contribution in [0.4, 0.5) is 11.4 Å². The fourth-order valence-electron chi connectivity index (χ4n) is 2.35. The highest BCUT2D eigenvalue weighted by molar-refractivity contribution is 5.52. The quantitative estimate of drug-likeness (QED) is 0.683. The first-order valence-corrected chi connectivity index (χ1v) is 8.32. The molecule has 0 aliphatic rings. The van der Waals surface area contributed by atoms with Crippen molar-refractivity contribution in [3.63, 3.8) is 0 Å². The lowest BCUT2D eigenvalue weighted by Gasteiger charge is -2.12. The first kappa shape index (κ1) is 17.2. The number of aryl methyl sites for hydroxylation is 2. The van der Waals surface area contributed by atoms with Gasteiger partial charge in [-0.1, -0.05) is 31.5 Å². The third-order valence-electron chi connectivity index (χ3n) is 3.59. The van der Waals surface area contributed by atoms with Gasteiger partial charge in [0.1, 0.15) is 5.75 Å². The molecule has 0 radical (unpaired) electrons. The minimum Gasteiger partial charge on any atom is -0.493 e. The van der Waals surface area contributed by atoms with Crippen LogP contribution in [-0.4, -0.2) is 19.7 Å². The Kier molecular flexibility index (Phi) is 6.33. The predicted octanol–water partition coefficient (Wildman–Crippen LogP) is 4.86. The molecule has 3 heteroatoms. The number of anilines is 2. The lowest BCUT2D eigenvalue weighted by Crippen LogP contribution is -2.14. The van der Waals surface area contributed by atoms with E-state index < -0.39 is 0 Å². The second kappa shape index (κ2) is 8.47. The van der Waals surface area contributed by atoms with E-state index >= 15 is 0 Å². The largest absolute Gasteiger partial charge is 0.493 e. The van der Waals surface area contributed by atoms with Crippen LogP contribution >= 0.6 is 0 Å². The van der Waals surface area contributed by atoms with Gasteiger partial charge in [0.15, 0.2) is 0 Å². The molecule has 0 spiro atoms. The molecule has 0 amide bonds. The maximum Gasteiger partial charge on any atom is 0.119 e. The molecule has 3 nitrogen and oxygen atoms in total. The molecule has 23 heavy (non-hydrogen) atoms. The Morgan fingerprint density at radius 1 is 0.913 bits per heavy atom. The van der Waals surface area contributed by atoms with Gasteiger partial charge in [0, 0.05) is 24.5 Å². The second-order valence-electron chi connectivity index (χ2n) is 6.40. The van der Waals surface area contributed by atoms with E-state index in [0.717, 1.165) is 31.1 Å². The minimum atomic E-state index is 0.545. The average molecular weight is 312 g/mol. The maximum absolute atomic E-state index is 5.69. The summed E-state index contributed by atoms with van der Waals surface area (Å²) < 4.78 is 5.69. The van der Waals surface area contributed by atoms with Crippen molar-refractivity contribution in [3.05, 3.63) is 53.6 Å². The Bertz CT molecular complexity index is 606. The molecule has 0 aromatic heterocycles. The summed E-state index contributed by atoms with van der Waals surface area (Å²) in [6.07, 6.45) is 0. The van der Waals surface area contributed by atoms with Gasteiger partial charge in [-0.25, -0.2) is 0 Å². The number of hydrogen-bond acceptors (Lipinski definition) is 3. The molecule has 0 atom stereocenters. The molecule has 2 N–H and O–H groups in total. The van der Waals surface area contributed by atoms with Gasteiger partial charge in [0.05, 0.1) is 6.61 Å². The van der Waals surface area contributed by atoms with Crippen LogP contribution in [0.25, 0.3) is 0 Å². The number of benzene rings is 2. The molecule has 0 fully saturated rings. The van der Waals surface area contributed by atoms with Crippen LogP contribution in [0.3, 0.4) is 0 Å². The molecule has 2 rings (SSSR count). The fourth-order valence-corrected chi connectivity index (χ4v) is 2.35. The van der Waals surface area contributed by atoms with Crippen LogP contribution in [0.15, 0.2) is 42.5 Å². The Balaban J connectivity index is 1.73. The van der Waals surface area contributed by atoms with Crippen molar-refractivity contribution in [2.45, 2.75) is 27.7 Å². The summed E-state index contributed by atoms with van der Waals surface area (Å²) in [5.41, 5.74) is 4.90. The zero-order chi connectivity index (χ0) is 16.7. The second-order valence-corrected chi connectivity index (χ2v) is 6.40. The Morgan fingerprint density at radius 2 is 1.61 bits per heavy atom. The molecular formula is C20H28N2O. The molecule has 0 aliphatic carbocycles. The highest BCUT2D eigenvalue weighted by atomic mass is 16.5. The topological polar surface area (TPSA) is 33.3 Å². The zero-order valence-corrected chi connectivity index (χ0v) is 14.6. The summed E-state index contributed by atoms with van der Waals surface area (Å²) >= 11 is 0. The van der Waals surface area contributed by atoms with Crippen molar-refractivity contribution < 1.29 is 4.74 Å². The molecule has 0 heterocycles. The van der Waals surface area contributed by atoms with Crippen molar-refractivity contribution in [1.29, 1.82) is 0 Å². The van der Waals surface area contributed by atoms with E-state index in [0.29, 0.717) is 5.92 Å². The summed E-state index contributed by atoms with van der Waals surface area (Å²) in [6, 6.07) is 14.6. The molecule has 0 aliphatic heterocycles. The maximum atomic E-state index is 5.69. The highest BCUT2D eigenvalue weighted by Crippen LogP contribution is 2.17. The molecule has 0 saturated carbocycles. The zero-order valence-electron chi connectivity index (χ0n) is 14.6. The van der Waals surface area contributed by atoms with E-state index in [2.05, 4.69) is 68.7 Å². The van der Waals surface area contributed by atoms with E-state index in [4.69, 9.17) is 4.74 Å². The molecule has 0 unspecified atom stereocenters. The minimum absolute atomic E-state index is 0.545. The van der Waals surface area contributed by atoms with Gasteiger partial charge in [-0.2, -0.15) is 0 Å². The van der Waals surface area contributed by atoms with Crippen LogP contribution in [-0.2, 0) is 0 Å². The number of ether oxygens (including phenoxy) is 1. The van der Waals surface area contributed by atoms with Gasteiger partial charge in [0.2, 0.25) is 0 Å².